The van der Waals surface area contributed by atoms with Crippen molar-refractivity contribution in [1.29, 1.82) is 0 Å². The number of benzene rings is 7. The first-order valence-electron chi connectivity index (χ1n) is 15.0. The zero-order valence-corrected chi connectivity index (χ0v) is 25.9. The summed E-state index contributed by atoms with van der Waals surface area (Å²) in [5.41, 5.74) is 5.56. The third kappa shape index (κ3) is 4.55. The van der Waals surface area contributed by atoms with Gasteiger partial charge in [-0.25, -0.2) is 0 Å². The number of hydrogen-bond acceptors (Lipinski definition) is 3. The second-order valence-corrected chi connectivity index (χ2v) is 13.5. The van der Waals surface area contributed by atoms with E-state index in [1.54, 1.807) is 0 Å². The van der Waals surface area contributed by atoms with Crippen LogP contribution in [0.1, 0.15) is 0 Å². The molecule has 0 spiro atoms. The Bertz CT molecular complexity index is 2550. The minimum atomic E-state index is 0.152. The van der Waals surface area contributed by atoms with Crippen LogP contribution < -0.4 is 0 Å². The van der Waals surface area contributed by atoms with Crippen LogP contribution in [-0.2, 0) is 0 Å². The first-order chi connectivity index (χ1) is 22.3. The van der Waals surface area contributed by atoms with E-state index in [0.717, 1.165) is 22.1 Å². The Morgan fingerprint density at radius 3 is 1.71 bits per heavy atom. The Morgan fingerprint density at radius 1 is 0.378 bits per heavy atom. The van der Waals surface area contributed by atoms with Gasteiger partial charge in [0.05, 0.1) is 0 Å². The van der Waals surface area contributed by atoms with Gasteiger partial charge in [0.2, 0.25) is 0 Å². The van der Waals surface area contributed by atoms with Crippen molar-refractivity contribution in [2.75, 3.05) is 0 Å². The van der Waals surface area contributed by atoms with Crippen LogP contribution in [0.3, 0.4) is 0 Å². The summed E-state index contributed by atoms with van der Waals surface area (Å²) in [6, 6.07) is 53.7. The zero-order valence-electron chi connectivity index (χ0n) is 24.2. The van der Waals surface area contributed by atoms with Gasteiger partial charge >= 0.3 is 267 Å². The number of fused-ring (bicyclic) bond motifs is 5. The van der Waals surface area contributed by atoms with Crippen LogP contribution in [0.2, 0.25) is 0 Å². The maximum atomic E-state index is 5.16. The molecule has 0 radical (unpaired) electrons. The molecule has 2 heterocycles. The zero-order chi connectivity index (χ0) is 29.7. The Hall–Kier alpha value is -5.41. The normalized spacial score (nSPS) is 11.6. The van der Waals surface area contributed by atoms with Crippen molar-refractivity contribution in [1.82, 2.24) is 15.0 Å². The summed E-state index contributed by atoms with van der Waals surface area (Å²) in [6.07, 6.45) is 0. The second-order valence-electron chi connectivity index (χ2n) is 11.3. The summed E-state index contributed by atoms with van der Waals surface area (Å²) in [4.78, 5) is 15.3. The summed E-state index contributed by atoms with van der Waals surface area (Å²) >= 11 is 0.152. The van der Waals surface area contributed by atoms with E-state index in [1.165, 1.54) is 46.6 Å². The molecule has 0 saturated heterocycles. The van der Waals surface area contributed by atoms with Crippen LogP contribution in [0.4, 0.5) is 0 Å². The van der Waals surface area contributed by atoms with Crippen molar-refractivity contribution in [3.05, 3.63) is 152 Å². The van der Waals surface area contributed by atoms with Crippen LogP contribution in [0.5, 0.6) is 0 Å². The van der Waals surface area contributed by atoms with Crippen LogP contribution in [-0.4, -0.2) is 29.5 Å². The molecule has 0 saturated carbocycles. The quantitative estimate of drug-likeness (QED) is 0.180. The Kier molecular flexibility index (Phi) is 6.15. The third-order valence-electron chi connectivity index (χ3n) is 8.50. The van der Waals surface area contributed by atoms with Gasteiger partial charge in [0.25, 0.3) is 0 Å². The van der Waals surface area contributed by atoms with E-state index in [1.807, 2.05) is 18.2 Å². The Morgan fingerprint density at radius 2 is 0.956 bits per heavy atom. The molecule has 7 aromatic carbocycles. The fourth-order valence-corrected chi connectivity index (χ4v) is 8.94. The van der Waals surface area contributed by atoms with Crippen molar-refractivity contribution < 1.29 is 0 Å². The molecule has 0 unspecified atom stereocenters. The van der Waals surface area contributed by atoms with Gasteiger partial charge in [0, 0.05) is 0 Å². The summed E-state index contributed by atoms with van der Waals surface area (Å²) in [5, 5.41) is 7.40. The average molecular weight is 639 g/mol. The topological polar surface area (TPSA) is 38.7 Å². The summed E-state index contributed by atoms with van der Waals surface area (Å²) < 4.78 is 2.77. The van der Waals surface area contributed by atoms with Crippen LogP contribution >= 0.6 is 0 Å². The van der Waals surface area contributed by atoms with Crippen LogP contribution in [0.25, 0.3) is 86.1 Å². The van der Waals surface area contributed by atoms with E-state index in [-0.39, 0.29) is 14.5 Å². The van der Waals surface area contributed by atoms with Crippen molar-refractivity contribution in [2.45, 2.75) is 0 Å². The predicted molar refractivity (Wildman–Crippen MR) is 189 cm³/mol. The number of aromatic nitrogens is 3. The van der Waals surface area contributed by atoms with Gasteiger partial charge in [0.15, 0.2) is 0 Å². The molecule has 0 aliphatic carbocycles. The first-order valence-corrected chi connectivity index (χ1v) is 16.7. The maximum absolute atomic E-state index is 5.16. The van der Waals surface area contributed by atoms with Gasteiger partial charge in [-0.3, -0.25) is 0 Å². The molecule has 0 aliphatic rings. The van der Waals surface area contributed by atoms with Crippen molar-refractivity contribution >= 4 is 55.3 Å². The van der Waals surface area contributed by atoms with Crippen LogP contribution in [0.15, 0.2) is 152 Å². The molecule has 3 nitrogen and oxygen atoms in total. The predicted octanol–water partition coefficient (Wildman–Crippen LogP) is 10.2. The first kappa shape index (κ1) is 26.0. The van der Waals surface area contributed by atoms with Crippen molar-refractivity contribution in [3.63, 3.8) is 0 Å². The summed E-state index contributed by atoms with van der Waals surface area (Å²) in [6.45, 7) is 0. The molecule has 4 heteroatoms. The van der Waals surface area contributed by atoms with Crippen molar-refractivity contribution in [3.8, 4) is 45.3 Å². The molecule has 0 N–H and O–H groups in total. The second kappa shape index (κ2) is 10.6. The summed E-state index contributed by atoms with van der Waals surface area (Å²) in [7, 11) is 0. The van der Waals surface area contributed by atoms with Gasteiger partial charge in [0.1, 0.15) is 0 Å². The molecule has 0 bridgehead atoms. The third-order valence-corrected chi connectivity index (χ3v) is 11.0. The molecule has 0 amide bonds. The van der Waals surface area contributed by atoms with E-state index in [2.05, 4.69) is 133 Å². The fourth-order valence-electron chi connectivity index (χ4n) is 6.29. The molecule has 45 heavy (non-hydrogen) atoms. The molecule has 0 aliphatic heterocycles. The van der Waals surface area contributed by atoms with Gasteiger partial charge in [-0.05, 0) is 0 Å². The standard InChI is InChI=1S/C41H25N3Se/c1-2-12-28(13-3-1)39-42-40(32-23-21-27-11-5-7-15-30(27)25-32)44-41(43-39)35-18-9-19-36-37(35)34-17-8-16-33(38(34)45-36)31-22-20-26-10-4-6-14-29(26)24-31/h1-25H. The Balaban J connectivity index is 1.27. The number of rotatable bonds is 4. The number of hydrogen-bond donors (Lipinski definition) is 0. The number of nitrogens with zero attached hydrogens (tertiary/aromatic N) is 3. The molecular weight excluding hydrogens is 613 g/mol. The summed E-state index contributed by atoms with van der Waals surface area (Å²) in [5.74, 6) is 2.05. The Labute approximate surface area is 266 Å². The molecule has 210 valence electrons. The molecule has 2 aromatic heterocycles. The minimum absolute atomic E-state index is 0.152. The van der Waals surface area contributed by atoms with E-state index in [0.29, 0.717) is 17.5 Å². The molecule has 0 atom stereocenters. The van der Waals surface area contributed by atoms with E-state index < -0.39 is 0 Å². The molecule has 9 rings (SSSR count). The SMILES string of the molecule is c1ccc(-c2nc(-c3ccc4ccccc4c3)nc(-c3cccc4[se]c5c(-c6ccc7ccccc7c6)cccc5c34)n2)cc1. The fraction of sp³-hybridized carbons (Fsp3) is 0. The van der Waals surface area contributed by atoms with Gasteiger partial charge < -0.3 is 0 Å². The van der Waals surface area contributed by atoms with Gasteiger partial charge in [-0.1, -0.05) is 0 Å². The van der Waals surface area contributed by atoms with Crippen LogP contribution in [0, 0.1) is 0 Å². The van der Waals surface area contributed by atoms with Crippen molar-refractivity contribution in [2.24, 2.45) is 0 Å². The van der Waals surface area contributed by atoms with E-state index in [9.17, 15) is 0 Å². The molecular formula is C41H25N3Se. The van der Waals surface area contributed by atoms with Gasteiger partial charge in [-0.2, -0.15) is 0 Å². The van der Waals surface area contributed by atoms with E-state index >= 15 is 0 Å². The monoisotopic (exact) mass is 639 g/mol. The molecule has 9 aromatic rings. The molecule has 0 fully saturated rings. The average Bonchev–Trinajstić information content (AvgIpc) is 3.51. The van der Waals surface area contributed by atoms with Gasteiger partial charge in [-0.15, -0.1) is 0 Å². The van der Waals surface area contributed by atoms with E-state index in [4.69, 9.17) is 15.0 Å².